The van der Waals surface area contributed by atoms with Crippen molar-refractivity contribution >= 4 is 10.4 Å². The van der Waals surface area contributed by atoms with Crippen molar-refractivity contribution in [3.05, 3.63) is 0 Å². The maximum Gasteiger partial charge on any atom is 1.00 e. The van der Waals surface area contributed by atoms with Gasteiger partial charge in [-0.15, -0.1) is 0 Å². The number of rotatable bonds is 24. The summed E-state index contributed by atoms with van der Waals surface area (Å²) in [7, 11) is -4.25. The first-order chi connectivity index (χ1) is 14.1. The van der Waals surface area contributed by atoms with Gasteiger partial charge in [0.2, 0.25) is 0 Å². The minimum absolute atomic E-state index is 0. The van der Waals surface area contributed by atoms with E-state index >= 15 is 0 Å². The fraction of sp³-hybridized carbons (Fsp3) is 1.00. The van der Waals surface area contributed by atoms with Crippen molar-refractivity contribution in [1.82, 2.24) is 0 Å². The molecular weight excluding hydrogens is 407 g/mol. The molecule has 4 nitrogen and oxygen atoms in total. The van der Waals surface area contributed by atoms with E-state index in [1.165, 1.54) is 122 Å². The van der Waals surface area contributed by atoms with Gasteiger partial charge in [0.25, 0.3) is 0 Å². The molecule has 0 atom stereocenters. The molecule has 0 aromatic carbocycles. The summed E-state index contributed by atoms with van der Waals surface area (Å²) in [5.74, 6) is 0. The molecule has 0 saturated heterocycles. The molecule has 0 saturated carbocycles. The second-order valence-electron chi connectivity index (χ2n) is 8.67. The standard InChI is InChI=1S/C24H50O4S.Na/c1-2-3-4-5-6-7-8-9-10-11-12-13-14-15-16-17-18-19-20-21-22-23-24-28-29(25,26)27;/h2-24H2,1H3,(H,25,26,27);/q;+1. The molecule has 0 aliphatic carbocycles. The Morgan fingerprint density at radius 1 is 0.500 bits per heavy atom. The summed E-state index contributed by atoms with van der Waals surface area (Å²) in [6.45, 7) is 2.38. The monoisotopic (exact) mass is 457 g/mol. The van der Waals surface area contributed by atoms with E-state index in [1.807, 2.05) is 0 Å². The first kappa shape index (κ1) is 33.0. The zero-order valence-electron chi connectivity index (χ0n) is 20.3. The van der Waals surface area contributed by atoms with Crippen molar-refractivity contribution in [2.24, 2.45) is 0 Å². The molecule has 0 bridgehead atoms. The molecule has 0 rings (SSSR count). The van der Waals surface area contributed by atoms with Crippen LogP contribution in [0.5, 0.6) is 0 Å². The molecule has 1 N–H and O–H groups in total. The van der Waals surface area contributed by atoms with Gasteiger partial charge in [-0.25, -0.2) is 4.18 Å². The normalized spacial score (nSPS) is 11.5. The zero-order chi connectivity index (χ0) is 21.5. The van der Waals surface area contributed by atoms with Crippen LogP contribution < -0.4 is 29.6 Å². The summed E-state index contributed by atoms with van der Waals surface area (Å²) in [6, 6.07) is 0. The molecule has 0 aliphatic heterocycles. The molecule has 0 fully saturated rings. The Kier molecular flexibility index (Phi) is 28.8. The Morgan fingerprint density at radius 2 is 0.733 bits per heavy atom. The Bertz CT molecular complexity index is 415. The predicted octanol–water partition coefficient (Wildman–Crippen LogP) is 5.41. The van der Waals surface area contributed by atoms with Gasteiger partial charge in [0.15, 0.2) is 0 Å². The van der Waals surface area contributed by atoms with E-state index in [2.05, 4.69) is 11.1 Å². The second kappa shape index (κ2) is 26.1. The molecule has 0 unspecified atom stereocenters. The van der Waals surface area contributed by atoms with E-state index in [0.29, 0.717) is 6.42 Å². The summed E-state index contributed by atoms with van der Waals surface area (Å²) in [5, 5.41) is 0. The maximum absolute atomic E-state index is 10.4. The third kappa shape index (κ3) is 31.1. The average Bonchev–Trinajstić information content (AvgIpc) is 2.67. The molecule has 0 amide bonds. The molecule has 0 heterocycles. The van der Waals surface area contributed by atoms with Crippen molar-refractivity contribution in [1.29, 1.82) is 0 Å². The van der Waals surface area contributed by atoms with E-state index in [9.17, 15) is 8.42 Å². The van der Waals surface area contributed by atoms with Gasteiger partial charge in [0.1, 0.15) is 0 Å². The topological polar surface area (TPSA) is 63.6 Å². The van der Waals surface area contributed by atoms with Gasteiger partial charge in [0.05, 0.1) is 6.61 Å². The number of hydrogen-bond donors (Lipinski definition) is 1. The van der Waals surface area contributed by atoms with Gasteiger partial charge in [0, 0.05) is 0 Å². The average molecular weight is 458 g/mol. The first-order valence-corrected chi connectivity index (χ1v) is 14.0. The summed E-state index contributed by atoms with van der Waals surface area (Å²) in [6.07, 6.45) is 29.3. The minimum Gasteiger partial charge on any atom is -0.264 e. The largest absolute Gasteiger partial charge is 1.00 e. The third-order valence-electron chi connectivity index (χ3n) is 5.73. The molecule has 6 heteroatoms. The van der Waals surface area contributed by atoms with Gasteiger partial charge in [-0.05, 0) is 6.42 Å². The van der Waals surface area contributed by atoms with Gasteiger partial charge in [-0.2, -0.15) is 8.42 Å². The maximum atomic E-state index is 10.4. The van der Waals surface area contributed by atoms with Crippen molar-refractivity contribution in [3.8, 4) is 0 Å². The zero-order valence-corrected chi connectivity index (χ0v) is 23.2. The molecule has 176 valence electrons. The smallest absolute Gasteiger partial charge is 0.264 e. The Balaban J connectivity index is 0. The first-order valence-electron chi connectivity index (χ1n) is 12.7. The fourth-order valence-corrected chi connectivity index (χ4v) is 4.20. The Morgan fingerprint density at radius 3 is 0.967 bits per heavy atom. The molecule has 30 heavy (non-hydrogen) atoms. The van der Waals surface area contributed by atoms with Crippen LogP contribution >= 0.6 is 0 Å². The SMILES string of the molecule is CCCCCCCCCCCCCCCCCCCCCCCCOS(=O)(=O)O.[Na+]. The van der Waals surface area contributed by atoms with Crippen molar-refractivity contribution in [2.75, 3.05) is 6.61 Å². The molecule has 0 spiro atoms. The van der Waals surface area contributed by atoms with Gasteiger partial charge >= 0.3 is 40.0 Å². The van der Waals surface area contributed by atoms with Crippen LogP contribution in [0.2, 0.25) is 0 Å². The fourth-order valence-electron chi connectivity index (χ4n) is 3.88. The summed E-state index contributed by atoms with van der Waals surface area (Å²) >= 11 is 0. The van der Waals surface area contributed by atoms with Crippen LogP contribution in [0, 0.1) is 0 Å². The van der Waals surface area contributed by atoms with Crippen LogP contribution in [-0.4, -0.2) is 19.6 Å². The van der Waals surface area contributed by atoms with Crippen molar-refractivity contribution < 1.29 is 46.7 Å². The minimum atomic E-state index is -4.25. The van der Waals surface area contributed by atoms with E-state index in [0.717, 1.165) is 12.8 Å². The number of hydrogen-bond acceptors (Lipinski definition) is 3. The van der Waals surface area contributed by atoms with Crippen LogP contribution in [0.4, 0.5) is 0 Å². The van der Waals surface area contributed by atoms with E-state index in [1.54, 1.807) is 0 Å². The predicted molar refractivity (Wildman–Crippen MR) is 125 cm³/mol. The van der Waals surface area contributed by atoms with Gasteiger partial charge in [-0.3, -0.25) is 4.55 Å². The summed E-state index contributed by atoms with van der Waals surface area (Å²) in [5.41, 5.74) is 0. The van der Waals surface area contributed by atoms with Crippen molar-refractivity contribution in [2.45, 2.75) is 148 Å². The quantitative estimate of drug-likeness (QED) is 0.120. The van der Waals surface area contributed by atoms with Gasteiger partial charge in [-0.1, -0.05) is 142 Å². The summed E-state index contributed by atoms with van der Waals surface area (Å²) < 4.78 is 33.5. The van der Waals surface area contributed by atoms with Gasteiger partial charge < -0.3 is 0 Å². The Labute approximate surface area is 210 Å². The van der Waals surface area contributed by atoms with Crippen LogP contribution in [-0.2, 0) is 14.6 Å². The molecule has 0 radical (unpaired) electrons. The Hall–Kier alpha value is 0.870. The van der Waals surface area contributed by atoms with Crippen molar-refractivity contribution in [3.63, 3.8) is 0 Å². The molecular formula is C24H50NaO4S+. The van der Waals surface area contributed by atoms with Crippen LogP contribution in [0.1, 0.15) is 148 Å². The second-order valence-corrected chi connectivity index (χ2v) is 9.77. The van der Waals surface area contributed by atoms with E-state index in [4.69, 9.17) is 4.55 Å². The molecule has 0 aliphatic rings. The third-order valence-corrected chi connectivity index (χ3v) is 6.19. The van der Waals surface area contributed by atoms with Crippen LogP contribution in [0.25, 0.3) is 0 Å². The summed E-state index contributed by atoms with van der Waals surface area (Å²) in [4.78, 5) is 0. The van der Waals surface area contributed by atoms with E-state index in [-0.39, 0.29) is 36.2 Å². The van der Waals surface area contributed by atoms with Crippen LogP contribution in [0.3, 0.4) is 0 Å². The molecule has 0 aromatic rings. The van der Waals surface area contributed by atoms with Crippen LogP contribution in [0.15, 0.2) is 0 Å². The number of unbranched alkanes of at least 4 members (excludes halogenated alkanes) is 21. The van der Waals surface area contributed by atoms with E-state index < -0.39 is 10.4 Å². The molecule has 0 aromatic heterocycles.